The number of rotatable bonds is 4. The minimum atomic E-state index is -0.0374. The molecule has 1 aliphatic rings. The lowest BCUT2D eigenvalue weighted by Crippen LogP contribution is -2.28. The Bertz CT molecular complexity index is 706. The van der Waals surface area contributed by atoms with Crippen LogP contribution in [0.2, 0.25) is 0 Å². The van der Waals surface area contributed by atoms with Crippen LogP contribution in [0, 0.1) is 0 Å². The second-order valence-corrected chi connectivity index (χ2v) is 6.74. The first kappa shape index (κ1) is 16.7. The smallest absolute Gasteiger partial charge is 0.239 e. The lowest BCUT2D eigenvalue weighted by Gasteiger charge is -2.24. The highest BCUT2D eigenvalue weighted by molar-refractivity contribution is 5.98. The predicted molar refractivity (Wildman–Crippen MR) is 99.6 cm³/mol. The Balaban J connectivity index is 1.94. The molecule has 0 spiro atoms. The summed E-state index contributed by atoms with van der Waals surface area (Å²) in [6.45, 7) is 2.42. The molecule has 1 saturated heterocycles. The molecule has 1 aromatic heterocycles. The van der Waals surface area contributed by atoms with E-state index < -0.39 is 0 Å². The predicted octanol–water partition coefficient (Wildman–Crippen LogP) is 3.12. The minimum absolute atomic E-state index is 0.0374. The topological polar surface area (TPSA) is 48.5 Å². The summed E-state index contributed by atoms with van der Waals surface area (Å²) >= 11 is 0. The van der Waals surface area contributed by atoms with Crippen LogP contribution in [-0.4, -0.2) is 49.5 Å². The van der Waals surface area contributed by atoms with Gasteiger partial charge in [0, 0.05) is 18.5 Å². The molecular weight excluding hydrogens is 300 g/mol. The summed E-state index contributed by atoms with van der Waals surface area (Å²) in [5.74, 6) is 1.60. The van der Waals surface area contributed by atoms with Gasteiger partial charge < -0.3 is 15.1 Å². The van der Waals surface area contributed by atoms with Gasteiger partial charge in [-0.2, -0.15) is 0 Å². The number of carbonyl (C=O) groups excluding carboxylic acids is 1. The minimum Gasteiger partial charge on any atom is -0.356 e. The van der Waals surface area contributed by atoms with E-state index in [9.17, 15) is 4.79 Å². The first-order chi connectivity index (χ1) is 11.6. The molecule has 0 atom stereocenters. The molecule has 0 aliphatic carbocycles. The molecule has 5 heteroatoms. The summed E-state index contributed by atoms with van der Waals surface area (Å²) in [6.07, 6.45) is 4.97. The number of aromatic nitrogens is 1. The molecule has 0 radical (unpaired) electrons. The van der Waals surface area contributed by atoms with E-state index in [1.807, 2.05) is 31.1 Å². The fraction of sp³-hybridized carbons (Fsp3) is 0.474. The van der Waals surface area contributed by atoms with Gasteiger partial charge in [0.2, 0.25) is 5.91 Å². The molecule has 0 unspecified atom stereocenters. The van der Waals surface area contributed by atoms with Crippen molar-refractivity contribution >= 4 is 28.3 Å². The van der Waals surface area contributed by atoms with Crippen molar-refractivity contribution in [3.63, 3.8) is 0 Å². The fourth-order valence-electron chi connectivity index (χ4n) is 3.24. The number of benzene rings is 1. The van der Waals surface area contributed by atoms with Crippen molar-refractivity contribution in [2.75, 3.05) is 43.9 Å². The van der Waals surface area contributed by atoms with E-state index in [0.29, 0.717) is 12.4 Å². The van der Waals surface area contributed by atoms with Crippen LogP contribution in [-0.2, 0) is 4.79 Å². The fourth-order valence-corrected chi connectivity index (χ4v) is 3.24. The molecule has 0 bridgehead atoms. The van der Waals surface area contributed by atoms with Crippen molar-refractivity contribution in [1.82, 2.24) is 9.88 Å². The highest BCUT2D eigenvalue weighted by Gasteiger charge is 2.16. The maximum atomic E-state index is 12.1. The highest BCUT2D eigenvalue weighted by atomic mass is 16.2. The van der Waals surface area contributed by atoms with Crippen LogP contribution in [0.15, 0.2) is 30.3 Å². The number of likely N-dealkylation sites (N-methyl/N-ethyl adjacent to an activating group) is 1. The largest absolute Gasteiger partial charge is 0.356 e. The summed E-state index contributed by atoms with van der Waals surface area (Å²) < 4.78 is 0. The van der Waals surface area contributed by atoms with Gasteiger partial charge >= 0.3 is 0 Å². The zero-order valence-corrected chi connectivity index (χ0v) is 14.6. The van der Waals surface area contributed by atoms with Crippen LogP contribution >= 0.6 is 0 Å². The van der Waals surface area contributed by atoms with Gasteiger partial charge in [0.05, 0.1) is 6.54 Å². The lowest BCUT2D eigenvalue weighted by molar-refractivity contribution is -0.116. The SMILES string of the molecule is CN(C)CC(=O)Nc1cc2ccccc2c(N2CCCCCC2)n1. The highest BCUT2D eigenvalue weighted by Crippen LogP contribution is 2.29. The number of hydrogen-bond acceptors (Lipinski definition) is 4. The van der Waals surface area contributed by atoms with Crippen LogP contribution in [0.25, 0.3) is 10.8 Å². The molecule has 2 aromatic rings. The van der Waals surface area contributed by atoms with Crippen molar-refractivity contribution in [3.05, 3.63) is 30.3 Å². The summed E-state index contributed by atoms with van der Waals surface area (Å²) in [5.41, 5.74) is 0. The number of nitrogens with one attached hydrogen (secondary N) is 1. The molecule has 1 amide bonds. The van der Waals surface area contributed by atoms with Crippen molar-refractivity contribution in [1.29, 1.82) is 0 Å². The Morgan fingerprint density at radius 1 is 1.17 bits per heavy atom. The average Bonchev–Trinajstić information content (AvgIpc) is 2.82. The number of amides is 1. The van der Waals surface area contributed by atoms with Gasteiger partial charge in [-0.3, -0.25) is 4.79 Å². The van der Waals surface area contributed by atoms with Gasteiger partial charge in [0.25, 0.3) is 0 Å². The van der Waals surface area contributed by atoms with E-state index in [1.165, 1.54) is 25.7 Å². The van der Waals surface area contributed by atoms with E-state index >= 15 is 0 Å². The molecule has 5 nitrogen and oxygen atoms in total. The van der Waals surface area contributed by atoms with Crippen LogP contribution in [0.1, 0.15) is 25.7 Å². The van der Waals surface area contributed by atoms with Gasteiger partial charge in [0.1, 0.15) is 11.6 Å². The Kier molecular flexibility index (Phi) is 5.30. The van der Waals surface area contributed by atoms with Crippen LogP contribution in [0.5, 0.6) is 0 Å². The average molecular weight is 326 g/mol. The zero-order valence-electron chi connectivity index (χ0n) is 14.6. The third kappa shape index (κ3) is 4.03. The molecular formula is C19H26N4O. The molecule has 1 fully saturated rings. The van der Waals surface area contributed by atoms with E-state index in [2.05, 4.69) is 28.4 Å². The van der Waals surface area contributed by atoms with Gasteiger partial charge in [-0.05, 0) is 38.4 Å². The van der Waals surface area contributed by atoms with E-state index in [1.54, 1.807) is 0 Å². The number of anilines is 2. The maximum absolute atomic E-state index is 12.1. The molecule has 0 saturated carbocycles. The summed E-state index contributed by atoms with van der Waals surface area (Å²) in [7, 11) is 3.77. The number of nitrogens with zero attached hydrogens (tertiary/aromatic N) is 3. The number of carbonyl (C=O) groups is 1. The number of fused-ring (bicyclic) bond motifs is 1. The third-order valence-electron chi connectivity index (χ3n) is 4.35. The molecule has 1 aromatic carbocycles. The molecule has 1 aliphatic heterocycles. The third-order valence-corrected chi connectivity index (χ3v) is 4.35. The van der Waals surface area contributed by atoms with Gasteiger partial charge in [-0.15, -0.1) is 0 Å². The van der Waals surface area contributed by atoms with E-state index in [-0.39, 0.29) is 5.91 Å². The van der Waals surface area contributed by atoms with Crippen molar-refractivity contribution < 1.29 is 4.79 Å². The monoisotopic (exact) mass is 326 g/mol. The molecule has 128 valence electrons. The van der Waals surface area contributed by atoms with Gasteiger partial charge in [0.15, 0.2) is 0 Å². The van der Waals surface area contributed by atoms with Crippen molar-refractivity contribution in [2.24, 2.45) is 0 Å². The molecule has 1 N–H and O–H groups in total. The van der Waals surface area contributed by atoms with Crippen LogP contribution < -0.4 is 10.2 Å². The summed E-state index contributed by atoms with van der Waals surface area (Å²) in [4.78, 5) is 21.1. The standard InChI is InChI=1S/C19H26N4O/c1-22(2)14-18(24)20-17-13-15-9-5-6-10-16(15)19(21-17)23-11-7-3-4-8-12-23/h5-6,9-10,13H,3-4,7-8,11-12,14H2,1-2H3,(H,20,21,24). The van der Waals surface area contributed by atoms with Gasteiger partial charge in [-0.25, -0.2) is 4.98 Å². The zero-order chi connectivity index (χ0) is 16.9. The Hall–Kier alpha value is -2.14. The summed E-state index contributed by atoms with van der Waals surface area (Å²) in [6, 6.07) is 10.2. The lowest BCUT2D eigenvalue weighted by atomic mass is 10.1. The first-order valence-corrected chi connectivity index (χ1v) is 8.73. The first-order valence-electron chi connectivity index (χ1n) is 8.73. The molecule has 2 heterocycles. The number of pyridine rings is 1. The van der Waals surface area contributed by atoms with Crippen LogP contribution in [0.3, 0.4) is 0 Å². The maximum Gasteiger partial charge on any atom is 0.239 e. The van der Waals surface area contributed by atoms with Crippen molar-refractivity contribution in [2.45, 2.75) is 25.7 Å². The van der Waals surface area contributed by atoms with E-state index in [4.69, 9.17) is 4.98 Å². The summed E-state index contributed by atoms with van der Waals surface area (Å²) in [5, 5.41) is 5.22. The van der Waals surface area contributed by atoms with Crippen LogP contribution in [0.4, 0.5) is 11.6 Å². The second kappa shape index (κ2) is 7.62. The quantitative estimate of drug-likeness (QED) is 0.938. The number of hydrogen-bond donors (Lipinski definition) is 1. The normalized spacial score (nSPS) is 15.5. The molecule has 3 rings (SSSR count). The Morgan fingerprint density at radius 2 is 1.88 bits per heavy atom. The van der Waals surface area contributed by atoms with E-state index in [0.717, 1.165) is 29.7 Å². The second-order valence-electron chi connectivity index (χ2n) is 6.74. The van der Waals surface area contributed by atoms with Gasteiger partial charge in [-0.1, -0.05) is 37.1 Å². The van der Waals surface area contributed by atoms with Crippen molar-refractivity contribution in [3.8, 4) is 0 Å². The molecule has 24 heavy (non-hydrogen) atoms. The Morgan fingerprint density at radius 3 is 2.58 bits per heavy atom. The Labute approximate surface area is 143 Å².